The largest absolute Gasteiger partial charge is 0.369 e. The van der Waals surface area contributed by atoms with Gasteiger partial charge in [-0.25, -0.2) is 32.9 Å². The maximum Gasteiger partial charge on any atom is 0.281 e. The van der Waals surface area contributed by atoms with Gasteiger partial charge in [-0.15, -0.1) is 0 Å². The van der Waals surface area contributed by atoms with Crippen molar-refractivity contribution < 1.29 is 8.78 Å². The third kappa shape index (κ3) is 3.97. The Morgan fingerprint density at radius 3 is 2.49 bits per heavy atom. The molecule has 1 aliphatic rings. The minimum absolute atomic E-state index is 0.0912. The maximum atomic E-state index is 14.6. The van der Waals surface area contributed by atoms with Crippen LogP contribution in [-0.4, -0.2) is 62.3 Å². The lowest BCUT2D eigenvalue weighted by molar-refractivity contribution is 0.312. The summed E-state index contributed by atoms with van der Waals surface area (Å²) < 4.78 is 31.3. The first-order valence-corrected chi connectivity index (χ1v) is 11.9. The second-order valence-electron chi connectivity index (χ2n) is 9.16. The Bertz CT molecular complexity index is 1680. The summed E-state index contributed by atoms with van der Waals surface area (Å²) in [5, 5.41) is 3.29. The zero-order valence-corrected chi connectivity index (χ0v) is 20.3. The molecular formula is C26H24F2N8O. The Balaban J connectivity index is 1.38. The van der Waals surface area contributed by atoms with Gasteiger partial charge in [0.25, 0.3) is 5.56 Å². The average molecular weight is 503 g/mol. The van der Waals surface area contributed by atoms with Gasteiger partial charge in [-0.2, -0.15) is 0 Å². The van der Waals surface area contributed by atoms with E-state index in [1.54, 1.807) is 0 Å². The molecule has 3 aromatic heterocycles. The van der Waals surface area contributed by atoms with Gasteiger partial charge in [0.05, 0.1) is 5.39 Å². The molecule has 0 spiro atoms. The molecule has 1 aliphatic heterocycles. The third-order valence-corrected chi connectivity index (χ3v) is 6.71. The number of hydrogen-bond donors (Lipinski definition) is 1. The Morgan fingerprint density at radius 1 is 1.00 bits per heavy atom. The van der Waals surface area contributed by atoms with E-state index in [1.165, 1.54) is 34.9 Å². The summed E-state index contributed by atoms with van der Waals surface area (Å²) in [4.78, 5) is 31.2. The number of para-hydroxylation sites is 1. The van der Waals surface area contributed by atoms with Crippen LogP contribution in [0.25, 0.3) is 22.2 Å². The van der Waals surface area contributed by atoms with Crippen molar-refractivity contribution >= 4 is 33.9 Å². The van der Waals surface area contributed by atoms with E-state index in [0.717, 1.165) is 54.2 Å². The number of hydrogen-bond acceptors (Lipinski definition) is 7. The number of fused-ring (bicyclic) bond motifs is 3. The van der Waals surface area contributed by atoms with Crippen LogP contribution in [0.3, 0.4) is 0 Å². The number of benzene rings is 2. The van der Waals surface area contributed by atoms with Gasteiger partial charge in [-0.05, 0) is 49.9 Å². The predicted octanol–water partition coefficient (Wildman–Crippen LogP) is 3.51. The first kappa shape index (κ1) is 23.0. The molecule has 2 aromatic carbocycles. The Morgan fingerprint density at radius 2 is 1.76 bits per heavy atom. The highest BCUT2D eigenvalue weighted by atomic mass is 19.1. The van der Waals surface area contributed by atoms with Gasteiger partial charge < -0.3 is 15.1 Å². The second kappa shape index (κ2) is 8.93. The molecule has 0 saturated carbocycles. The monoisotopic (exact) mass is 502 g/mol. The summed E-state index contributed by atoms with van der Waals surface area (Å²) in [6, 6.07) is 9.52. The molecule has 9 nitrogen and oxygen atoms in total. The van der Waals surface area contributed by atoms with E-state index in [2.05, 4.69) is 50.1 Å². The number of piperazine rings is 1. The van der Waals surface area contributed by atoms with Crippen molar-refractivity contribution in [3.05, 3.63) is 82.5 Å². The highest BCUT2D eigenvalue weighted by molar-refractivity contribution is 5.90. The molecule has 37 heavy (non-hydrogen) atoms. The Labute approximate surface area is 210 Å². The second-order valence-corrected chi connectivity index (χ2v) is 9.16. The van der Waals surface area contributed by atoms with Crippen molar-refractivity contribution in [2.75, 3.05) is 43.4 Å². The third-order valence-electron chi connectivity index (χ3n) is 6.71. The van der Waals surface area contributed by atoms with Crippen molar-refractivity contribution in [3.8, 4) is 5.69 Å². The van der Waals surface area contributed by atoms with Crippen molar-refractivity contribution in [2.45, 2.75) is 6.92 Å². The van der Waals surface area contributed by atoms with Crippen LogP contribution in [0.4, 0.5) is 26.1 Å². The lowest BCUT2D eigenvalue weighted by Gasteiger charge is -2.35. The highest BCUT2D eigenvalue weighted by Gasteiger charge is 2.20. The van der Waals surface area contributed by atoms with Crippen LogP contribution in [0.5, 0.6) is 0 Å². The minimum Gasteiger partial charge on any atom is -0.369 e. The normalized spacial score (nSPS) is 14.5. The number of nitrogens with one attached hydrogen (secondary N) is 1. The van der Waals surface area contributed by atoms with Gasteiger partial charge in [0.2, 0.25) is 5.95 Å². The summed E-state index contributed by atoms with van der Waals surface area (Å²) in [5.41, 5.74) is 2.50. The number of aromatic nitrogens is 5. The van der Waals surface area contributed by atoms with E-state index in [9.17, 15) is 13.6 Å². The fourth-order valence-corrected chi connectivity index (χ4v) is 4.77. The molecule has 0 atom stereocenters. The van der Waals surface area contributed by atoms with Crippen LogP contribution >= 0.6 is 0 Å². The first-order chi connectivity index (χ1) is 17.9. The highest BCUT2D eigenvalue weighted by Crippen LogP contribution is 2.27. The first-order valence-electron chi connectivity index (χ1n) is 11.9. The Kier molecular flexibility index (Phi) is 5.56. The molecule has 1 saturated heterocycles. The van der Waals surface area contributed by atoms with Crippen LogP contribution in [0.15, 0.2) is 59.8 Å². The smallest absolute Gasteiger partial charge is 0.281 e. The van der Waals surface area contributed by atoms with Gasteiger partial charge >= 0.3 is 0 Å². The summed E-state index contributed by atoms with van der Waals surface area (Å²) in [6.07, 6.45) is 4.25. The van der Waals surface area contributed by atoms with Gasteiger partial charge in [-0.3, -0.25) is 4.79 Å². The van der Waals surface area contributed by atoms with Crippen LogP contribution in [0.1, 0.15) is 5.56 Å². The quantitative estimate of drug-likeness (QED) is 0.403. The molecule has 1 N–H and O–H groups in total. The molecule has 11 heteroatoms. The minimum atomic E-state index is -0.869. The molecule has 0 unspecified atom stereocenters. The van der Waals surface area contributed by atoms with Gasteiger partial charge in [-0.1, -0.05) is 6.07 Å². The number of aryl methyl sites for hydroxylation is 1. The number of rotatable bonds is 4. The molecular weight excluding hydrogens is 478 g/mol. The molecule has 0 amide bonds. The van der Waals surface area contributed by atoms with Gasteiger partial charge in [0.1, 0.15) is 11.2 Å². The molecule has 5 aromatic rings. The summed E-state index contributed by atoms with van der Waals surface area (Å²) in [7, 11) is 2.13. The van der Waals surface area contributed by atoms with E-state index >= 15 is 0 Å². The van der Waals surface area contributed by atoms with Crippen LogP contribution in [0.2, 0.25) is 0 Å². The SMILES string of the molecule is Cc1cc(Nc2ncc3c(=O)n(-c4c(F)cccc4F)n4ccnc4c3n2)ccc1N1CCN(C)CC1. The van der Waals surface area contributed by atoms with E-state index in [-0.39, 0.29) is 22.5 Å². The van der Waals surface area contributed by atoms with E-state index in [4.69, 9.17) is 0 Å². The fourth-order valence-electron chi connectivity index (χ4n) is 4.77. The van der Waals surface area contributed by atoms with E-state index in [0.29, 0.717) is 0 Å². The topological polar surface area (TPSA) is 83.6 Å². The summed E-state index contributed by atoms with van der Waals surface area (Å²) >= 11 is 0. The average Bonchev–Trinajstić information content (AvgIpc) is 3.36. The standard InChI is InChI=1S/C26H24F2N8O/c1-16-14-17(6-7-21(16)34-12-10-33(2)11-13-34)31-26-30-15-18-22(32-26)24-29-8-9-35(24)36(25(18)37)23-19(27)4-3-5-20(23)28/h3-9,14-15H,10-13H2,1-2H3,(H,30,31,32). The Hall–Kier alpha value is -4.38. The molecule has 1 fully saturated rings. The summed E-state index contributed by atoms with van der Waals surface area (Å²) in [6.45, 7) is 6.08. The molecule has 6 rings (SSSR count). The predicted molar refractivity (Wildman–Crippen MR) is 138 cm³/mol. The van der Waals surface area contributed by atoms with Crippen LogP contribution in [0, 0.1) is 18.6 Å². The van der Waals surface area contributed by atoms with Gasteiger partial charge in [0.15, 0.2) is 17.3 Å². The zero-order chi connectivity index (χ0) is 25.7. The number of imidazole rings is 1. The fraction of sp³-hybridized carbons (Fsp3) is 0.231. The van der Waals surface area contributed by atoms with E-state index in [1.807, 2.05) is 12.1 Å². The van der Waals surface area contributed by atoms with Crippen LogP contribution in [-0.2, 0) is 0 Å². The van der Waals surface area contributed by atoms with E-state index < -0.39 is 22.9 Å². The lowest BCUT2D eigenvalue weighted by atomic mass is 10.1. The number of anilines is 3. The summed E-state index contributed by atoms with van der Waals surface area (Å²) in [5.74, 6) is -1.46. The maximum absolute atomic E-state index is 14.6. The van der Waals surface area contributed by atoms with Gasteiger partial charge in [0, 0.05) is 56.1 Å². The molecule has 0 aliphatic carbocycles. The van der Waals surface area contributed by atoms with Crippen molar-refractivity contribution in [1.29, 1.82) is 0 Å². The van der Waals surface area contributed by atoms with Crippen molar-refractivity contribution in [3.63, 3.8) is 0 Å². The number of nitrogens with zero attached hydrogens (tertiary/aromatic N) is 7. The van der Waals surface area contributed by atoms with Crippen LogP contribution < -0.4 is 15.8 Å². The lowest BCUT2D eigenvalue weighted by Crippen LogP contribution is -2.44. The molecule has 0 radical (unpaired) electrons. The molecule has 0 bridgehead atoms. The number of likely N-dealkylation sites (N-methyl/N-ethyl adjacent to an activating group) is 1. The van der Waals surface area contributed by atoms with Crippen molar-refractivity contribution in [2.24, 2.45) is 0 Å². The zero-order valence-electron chi connectivity index (χ0n) is 20.3. The molecule has 4 heterocycles. The van der Waals surface area contributed by atoms with Crippen molar-refractivity contribution in [1.82, 2.24) is 29.0 Å². The number of halogens is 2. The molecule has 188 valence electrons.